The molecule has 1 aromatic heterocycles. The van der Waals surface area contributed by atoms with Crippen LogP contribution in [0.4, 0.5) is 0 Å². The second-order valence-corrected chi connectivity index (χ2v) is 3.31. The van der Waals surface area contributed by atoms with Gasteiger partial charge in [0, 0.05) is 12.4 Å². The number of rotatable bonds is 3. The maximum Gasteiger partial charge on any atom is 0.141 e. The summed E-state index contributed by atoms with van der Waals surface area (Å²) in [5.74, 6) is 1.36. The van der Waals surface area contributed by atoms with Crippen LogP contribution in [0, 0.1) is 5.92 Å². The number of hydrogen-bond donors (Lipinski definition) is 1. The third kappa shape index (κ3) is 2.58. The Morgan fingerprint density at radius 1 is 1.33 bits per heavy atom. The van der Waals surface area contributed by atoms with Gasteiger partial charge in [0.15, 0.2) is 0 Å². The van der Waals surface area contributed by atoms with Gasteiger partial charge in [-0.2, -0.15) is 0 Å². The highest BCUT2D eigenvalue weighted by atomic mass is 14.9. The van der Waals surface area contributed by atoms with Crippen molar-refractivity contribution in [2.24, 2.45) is 11.7 Å². The van der Waals surface area contributed by atoms with Crippen LogP contribution in [-0.4, -0.2) is 9.97 Å². The van der Waals surface area contributed by atoms with Gasteiger partial charge in [-0.05, 0) is 17.9 Å². The molecule has 1 rings (SSSR count). The highest BCUT2D eigenvalue weighted by Crippen LogP contribution is 2.04. The Balaban J connectivity index is 2.65. The first kappa shape index (κ1) is 9.13. The fraction of sp³-hybridized carbons (Fsp3) is 0.556. The predicted molar refractivity (Wildman–Crippen MR) is 48.5 cm³/mol. The molecule has 0 radical (unpaired) electrons. The molecule has 1 aromatic rings. The molecule has 3 nitrogen and oxygen atoms in total. The second kappa shape index (κ2) is 4.16. The summed E-state index contributed by atoms with van der Waals surface area (Å²) in [6.07, 6.45) is 4.75. The van der Waals surface area contributed by atoms with Gasteiger partial charge in [0.25, 0.3) is 0 Å². The van der Waals surface area contributed by atoms with E-state index in [9.17, 15) is 0 Å². The number of hydrogen-bond acceptors (Lipinski definition) is 3. The molecule has 2 N–H and O–H groups in total. The van der Waals surface area contributed by atoms with Crippen LogP contribution in [0.1, 0.15) is 25.2 Å². The van der Waals surface area contributed by atoms with E-state index in [1.54, 1.807) is 0 Å². The maximum atomic E-state index is 5.38. The normalized spacial score (nSPS) is 10.7. The van der Waals surface area contributed by atoms with Crippen molar-refractivity contribution in [3.63, 3.8) is 0 Å². The van der Waals surface area contributed by atoms with Crippen LogP contribution < -0.4 is 5.73 Å². The third-order valence-corrected chi connectivity index (χ3v) is 1.59. The minimum absolute atomic E-state index is 0.419. The quantitative estimate of drug-likeness (QED) is 0.730. The SMILES string of the molecule is CC(C)Cc1cnc(CN)nc1. The van der Waals surface area contributed by atoms with Gasteiger partial charge in [-0.1, -0.05) is 13.8 Å². The number of nitrogens with zero attached hydrogens (tertiary/aromatic N) is 2. The molecular formula is C9H15N3. The van der Waals surface area contributed by atoms with Crippen LogP contribution in [0.2, 0.25) is 0 Å². The lowest BCUT2D eigenvalue weighted by atomic mass is 10.1. The fourth-order valence-corrected chi connectivity index (χ4v) is 1.06. The summed E-state index contributed by atoms with van der Waals surface area (Å²) < 4.78 is 0. The molecule has 0 spiro atoms. The van der Waals surface area contributed by atoms with Crippen molar-refractivity contribution in [2.75, 3.05) is 0 Å². The minimum Gasteiger partial charge on any atom is -0.324 e. The summed E-state index contributed by atoms with van der Waals surface area (Å²) in [5.41, 5.74) is 6.56. The lowest BCUT2D eigenvalue weighted by molar-refractivity contribution is 0.642. The number of nitrogens with two attached hydrogens (primary N) is 1. The highest BCUT2D eigenvalue weighted by molar-refractivity contribution is 5.05. The molecule has 0 saturated carbocycles. The Bertz CT molecular complexity index is 228. The van der Waals surface area contributed by atoms with Gasteiger partial charge in [0.05, 0.1) is 6.54 Å². The summed E-state index contributed by atoms with van der Waals surface area (Å²) in [4.78, 5) is 8.23. The van der Waals surface area contributed by atoms with Crippen LogP contribution in [0.15, 0.2) is 12.4 Å². The third-order valence-electron chi connectivity index (χ3n) is 1.59. The zero-order valence-corrected chi connectivity index (χ0v) is 7.62. The summed E-state index contributed by atoms with van der Waals surface area (Å²) in [5, 5.41) is 0. The first-order valence-corrected chi connectivity index (χ1v) is 4.22. The largest absolute Gasteiger partial charge is 0.324 e. The van der Waals surface area contributed by atoms with Gasteiger partial charge in [-0.15, -0.1) is 0 Å². The molecule has 0 bridgehead atoms. The summed E-state index contributed by atoms with van der Waals surface area (Å²) in [6.45, 7) is 4.77. The molecular weight excluding hydrogens is 150 g/mol. The molecule has 0 atom stereocenters. The van der Waals surface area contributed by atoms with Crippen LogP contribution in [0.25, 0.3) is 0 Å². The molecule has 0 amide bonds. The van der Waals surface area contributed by atoms with Crippen molar-refractivity contribution in [3.05, 3.63) is 23.8 Å². The Morgan fingerprint density at radius 2 is 1.92 bits per heavy atom. The minimum atomic E-state index is 0.419. The van der Waals surface area contributed by atoms with Crippen LogP contribution in [0.5, 0.6) is 0 Å². The zero-order chi connectivity index (χ0) is 8.97. The average molecular weight is 165 g/mol. The maximum absolute atomic E-state index is 5.38. The topological polar surface area (TPSA) is 51.8 Å². The van der Waals surface area contributed by atoms with Gasteiger partial charge in [-0.25, -0.2) is 9.97 Å². The van der Waals surface area contributed by atoms with Gasteiger partial charge in [-0.3, -0.25) is 0 Å². The van der Waals surface area contributed by atoms with E-state index in [1.807, 2.05) is 12.4 Å². The summed E-state index contributed by atoms with van der Waals surface area (Å²) >= 11 is 0. The second-order valence-electron chi connectivity index (χ2n) is 3.31. The Kier molecular flexibility index (Phi) is 3.17. The molecule has 3 heteroatoms. The van der Waals surface area contributed by atoms with E-state index >= 15 is 0 Å². The molecule has 66 valence electrons. The molecule has 0 unspecified atom stereocenters. The lowest BCUT2D eigenvalue weighted by Gasteiger charge is -2.03. The summed E-state index contributed by atoms with van der Waals surface area (Å²) in [6, 6.07) is 0. The van der Waals surface area contributed by atoms with Crippen molar-refractivity contribution in [2.45, 2.75) is 26.8 Å². The van der Waals surface area contributed by atoms with E-state index in [4.69, 9.17) is 5.73 Å². The zero-order valence-electron chi connectivity index (χ0n) is 7.62. The first-order chi connectivity index (χ1) is 5.72. The van der Waals surface area contributed by atoms with Crippen LogP contribution >= 0.6 is 0 Å². The standard InChI is InChI=1S/C9H15N3/c1-7(2)3-8-5-11-9(4-10)12-6-8/h5-7H,3-4,10H2,1-2H3. The van der Waals surface area contributed by atoms with Crippen molar-refractivity contribution in [1.82, 2.24) is 9.97 Å². The molecule has 12 heavy (non-hydrogen) atoms. The molecule has 0 aliphatic carbocycles. The van der Waals surface area contributed by atoms with Crippen molar-refractivity contribution in [3.8, 4) is 0 Å². The Hall–Kier alpha value is -0.960. The van der Waals surface area contributed by atoms with Crippen LogP contribution in [0.3, 0.4) is 0 Å². The van der Waals surface area contributed by atoms with E-state index in [-0.39, 0.29) is 0 Å². The van der Waals surface area contributed by atoms with E-state index in [1.165, 1.54) is 5.56 Å². The smallest absolute Gasteiger partial charge is 0.141 e. The molecule has 1 heterocycles. The molecule has 0 fully saturated rings. The van der Waals surface area contributed by atoms with Gasteiger partial charge < -0.3 is 5.73 Å². The van der Waals surface area contributed by atoms with Gasteiger partial charge in [0.1, 0.15) is 5.82 Å². The molecule has 0 aliphatic rings. The fourth-order valence-electron chi connectivity index (χ4n) is 1.06. The Labute approximate surface area is 73.0 Å². The predicted octanol–water partition coefficient (Wildman–Crippen LogP) is 1.13. The van der Waals surface area contributed by atoms with Crippen LogP contribution in [-0.2, 0) is 13.0 Å². The molecule has 0 aromatic carbocycles. The highest BCUT2D eigenvalue weighted by Gasteiger charge is 1.98. The van der Waals surface area contributed by atoms with E-state index in [2.05, 4.69) is 23.8 Å². The van der Waals surface area contributed by atoms with E-state index in [0.29, 0.717) is 18.3 Å². The van der Waals surface area contributed by atoms with E-state index in [0.717, 1.165) is 6.42 Å². The van der Waals surface area contributed by atoms with Gasteiger partial charge in [0.2, 0.25) is 0 Å². The number of aromatic nitrogens is 2. The average Bonchev–Trinajstić information content (AvgIpc) is 2.05. The van der Waals surface area contributed by atoms with Gasteiger partial charge >= 0.3 is 0 Å². The van der Waals surface area contributed by atoms with E-state index < -0.39 is 0 Å². The Morgan fingerprint density at radius 3 is 2.33 bits per heavy atom. The first-order valence-electron chi connectivity index (χ1n) is 4.22. The van der Waals surface area contributed by atoms with Crippen molar-refractivity contribution < 1.29 is 0 Å². The molecule has 0 aliphatic heterocycles. The van der Waals surface area contributed by atoms with Crippen molar-refractivity contribution >= 4 is 0 Å². The van der Waals surface area contributed by atoms with Crippen molar-refractivity contribution in [1.29, 1.82) is 0 Å². The monoisotopic (exact) mass is 165 g/mol. The lowest BCUT2D eigenvalue weighted by Crippen LogP contribution is -2.04. The summed E-state index contributed by atoms with van der Waals surface area (Å²) in [7, 11) is 0. The molecule has 0 saturated heterocycles.